The van der Waals surface area contributed by atoms with Gasteiger partial charge in [0.1, 0.15) is 5.60 Å². The molecular formula is C19H18O5. The van der Waals surface area contributed by atoms with Gasteiger partial charge in [0.15, 0.2) is 23.4 Å². The first kappa shape index (κ1) is 14.2. The summed E-state index contributed by atoms with van der Waals surface area (Å²) < 4.78 is 11.4. The number of hydrogen-bond acceptors (Lipinski definition) is 5. The van der Waals surface area contributed by atoms with Gasteiger partial charge in [0.2, 0.25) is 0 Å². The number of carbonyl (C=O) groups excluding carboxylic acids is 2. The summed E-state index contributed by atoms with van der Waals surface area (Å²) in [6.45, 7) is 1.34. The summed E-state index contributed by atoms with van der Waals surface area (Å²) in [7, 11) is 0. The minimum atomic E-state index is -1.07. The van der Waals surface area contributed by atoms with E-state index in [2.05, 4.69) is 0 Å². The lowest BCUT2D eigenvalue weighted by Gasteiger charge is -2.57. The summed E-state index contributed by atoms with van der Waals surface area (Å²) in [5.74, 6) is 0.324. The molecule has 1 saturated carbocycles. The molecular weight excluding hydrogens is 308 g/mol. The van der Waals surface area contributed by atoms with Crippen LogP contribution in [0.25, 0.3) is 0 Å². The molecule has 5 heteroatoms. The molecule has 0 radical (unpaired) electrons. The average Bonchev–Trinajstić information content (AvgIpc) is 2.87. The first-order valence-corrected chi connectivity index (χ1v) is 8.44. The maximum Gasteiger partial charge on any atom is 0.308 e. The van der Waals surface area contributed by atoms with Gasteiger partial charge < -0.3 is 14.6 Å². The highest BCUT2D eigenvalue weighted by Crippen LogP contribution is 2.65. The van der Waals surface area contributed by atoms with Gasteiger partial charge in [-0.05, 0) is 49.0 Å². The fraction of sp³-hybridized carbons (Fsp3) is 0.474. The Balaban J connectivity index is 1.83. The normalized spacial score (nSPS) is 37.7. The molecule has 24 heavy (non-hydrogen) atoms. The van der Waals surface area contributed by atoms with E-state index < -0.39 is 23.1 Å². The van der Waals surface area contributed by atoms with Crippen LogP contribution in [-0.4, -0.2) is 28.6 Å². The molecule has 0 aromatic heterocycles. The highest BCUT2D eigenvalue weighted by molar-refractivity contribution is 5.99. The SMILES string of the molecule is CC(=O)Oc1ccc2c3c1OC1C(=O)C=C[C@@]4(O)[C@H](CCCC314)C2. The summed E-state index contributed by atoms with van der Waals surface area (Å²) in [6.07, 6.45) is 5.74. The molecule has 3 aliphatic carbocycles. The van der Waals surface area contributed by atoms with Crippen molar-refractivity contribution in [2.75, 3.05) is 0 Å². The third kappa shape index (κ3) is 1.41. The second kappa shape index (κ2) is 4.28. The molecule has 2 unspecified atom stereocenters. The molecule has 1 aliphatic heterocycles. The molecule has 5 rings (SSSR count). The Morgan fingerprint density at radius 2 is 2.25 bits per heavy atom. The van der Waals surface area contributed by atoms with Crippen molar-refractivity contribution in [2.45, 2.75) is 49.7 Å². The second-order valence-electron chi connectivity index (χ2n) is 7.34. The number of hydrogen-bond donors (Lipinski definition) is 1. The van der Waals surface area contributed by atoms with Crippen molar-refractivity contribution in [1.82, 2.24) is 0 Å². The van der Waals surface area contributed by atoms with Crippen LogP contribution in [-0.2, 0) is 21.4 Å². The third-order valence-electron chi connectivity index (χ3n) is 6.28. The van der Waals surface area contributed by atoms with Crippen LogP contribution in [0.1, 0.15) is 37.3 Å². The van der Waals surface area contributed by atoms with E-state index in [1.807, 2.05) is 6.07 Å². The molecule has 124 valence electrons. The van der Waals surface area contributed by atoms with E-state index in [0.29, 0.717) is 17.9 Å². The number of aliphatic hydroxyl groups is 1. The Labute approximate surface area is 139 Å². The lowest BCUT2D eigenvalue weighted by atomic mass is 9.47. The monoisotopic (exact) mass is 326 g/mol. The van der Waals surface area contributed by atoms with Crippen LogP contribution in [0.5, 0.6) is 11.5 Å². The van der Waals surface area contributed by atoms with Crippen LogP contribution in [0.2, 0.25) is 0 Å². The quantitative estimate of drug-likeness (QED) is 0.630. The molecule has 4 atom stereocenters. The first-order chi connectivity index (χ1) is 11.5. The topological polar surface area (TPSA) is 72.8 Å². The molecule has 0 amide bonds. The molecule has 5 nitrogen and oxygen atoms in total. The maximum atomic E-state index is 12.6. The summed E-state index contributed by atoms with van der Waals surface area (Å²) in [6, 6.07) is 3.69. The van der Waals surface area contributed by atoms with Crippen LogP contribution in [0, 0.1) is 5.92 Å². The van der Waals surface area contributed by atoms with Gasteiger partial charge in [0, 0.05) is 12.5 Å². The minimum Gasteiger partial charge on any atom is -0.477 e. The molecule has 1 aromatic rings. The van der Waals surface area contributed by atoms with Crippen molar-refractivity contribution in [2.24, 2.45) is 5.92 Å². The largest absolute Gasteiger partial charge is 0.477 e. The number of ketones is 1. The smallest absolute Gasteiger partial charge is 0.308 e. The van der Waals surface area contributed by atoms with Gasteiger partial charge in [-0.25, -0.2) is 0 Å². The van der Waals surface area contributed by atoms with Gasteiger partial charge in [0.05, 0.1) is 5.41 Å². The van der Waals surface area contributed by atoms with Gasteiger partial charge in [-0.3, -0.25) is 9.59 Å². The first-order valence-electron chi connectivity index (χ1n) is 8.44. The summed E-state index contributed by atoms with van der Waals surface area (Å²) in [5, 5.41) is 11.6. The predicted molar refractivity (Wildman–Crippen MR) is 84.0 cm³/mol. The number of esters is 1. The van der Waals surface area contributed by atoms with E-state index in [-0.39, 0.29) is 11.7 Å². The molecule has 1 N–H and O–H groups in total. The lowest BCUT2D eigenvalue weighted by molar-refractivity contribution is -0.144. The zero-order valence-electron chi connectivity index (χ0n) is 13.4. The molecule has 1 heterocycles. The Morgan fingerprint density at radius 3 is 3.04 bits per heavy atom. The fourth-order valence-corrected chi connectivity index (χ4v) is 5.45. The fourth-order valence-electron chi connectivity index (χ4n) is 5.45. The van der Waals surface area contributed by atoms with E-state index in [1.54, 1.807) is 12.1 Å². The molecule has 1 fully saturated rings. The van der Waals surface area contributed by atoms with Gasteiger partial charge in [0.25, 0.3) is 0 Å². The van der Waals surface area contributed by atoms with Crippen LogP contribution >= 0.6 is 0 Å². The number of carbonyl (C=O) groups is 2. The third-order valence-corrected chi connectivity index (χ3v) is 6.28. The van der Waals surface area contributed by atoms with E-state index >= 15 is 0 Å². The van der Waals surface area contributed by atoms with Crippen molar-refractivity contribution in [3.05, 3.63) is 35.4 Å². The van der Waals surface area contributed by atoms with Crippen LogP contribution in [0.15, 0.2) is 24.3 Å². The number of ether oxygens (including phenoxy) is 2. The molecule has 4 aliphatic rings. The van der Waals surface area contributed by atoms with Crippen molar-refractivity contribution in [1.29, 1.82) is 0 Å². The Bertz CT molecular complexity index is 825. The van der Waals surface area contributed by atoms with Crippen molar-refractivity contribution >= 4 is 11.8 Å². The Morgan fingerprint density at radius 1 is 1.42 bits per heavy atom. The maximum absolute atomic E-state index is 12.6. The summed E-state index contributed by atoms with van der Waals surface area (Å²) >= 11 is 0. The van der Waals surface area contributed by atoms with Crippen molar-refractivity contribution in [3.8, 4) is 11.5 Å². The highest BCUT2D eigenvalue weighted by atomic mass is 16.6. The minimum absolute atomic E-state index is 0.0831. The van der Waals surface area contributed by atoms with Crippen LogP contribution < -0.4 is 9.47 Å². The molecule has 0 saturated heterocycles. The second-order valence-corrected chi connectivity index (χ2v) is 7.34. The zero-order valence-corrected chi connectivity index (χ0v) is 13.4. The Hall–Kier alpha value is -2.14. The van der Waals surface area contributed by atoms with E-state index in [9.17, 15) is 14.7 Å². The summed E-state index contributed by atoms with van der Waals surface area (Å²) in [5.41, 5.74) is 0.154. The number of benzene rings is 1. The predicted octanol–water partition coefficient (Wildman–Crippen LogP) is 1.84. The van der Waals surface area contributed by atoms with Crippen molar-refractivity contribution in [3.63, 3.8) is 0 Å². The standard InChI is InChI=1S/C19H18O5/c1-10(20)23-14-5-4-11-9-12-3-2-7-18-15(11)16(14)24-17(18)13(21)6-8-19(12,18)22/h4-6,8,12,17,22H,2-3,7,9H2,1H3/t12-,17?,18?,19-/m1/s1. The molecule has 1 aromatic carbocycles. The molecule has 1 spiro atoms. The van der Waals surface area contributed by atoms with E-state index in [1.165, 1.54) is 13.0 Å². The van der Waals surface area contributed by atoms with E-state index in [4.69, 9.17) is 9.47 Å². The van der Waals surface area contributed by atoms with Crippen LogP contribution in [0.4, 0.5) is 0 Å². The summed E-state index contributed by atoms with van der Waals surface area (Å²) in [4.78, 5) is 24.0. The van der Waals surface area contributed by atoms with Gasteiger partial charge in [-0.15, -0.1) is 0 Å². The lowest BCUT2D eigenvalue weighted by Crippen LogP contribution is -2.68. The highest BCUT2D eigenvalue weighted by Gasteiger charge is 2.70. The van der Waals surface area contributed by atoms with Gasteiger partial charge in [-0.1, -0.05) is 12.5 Å². The average molecular weight is 326 g/mol. The van der Waals surface area contributed by atoms with Crippen LogP contribution in [0.3, 0.4) is 0 Å². The van der Waals surface area contributed by atoms with Gasteiger partial charge >= 0.3 is 5.97 Å². The van der Waals surface area contributed by atoms with E-state index in [0.717, 1.165) is 30.4 Å². The van der Waals surface area contributed by atoms with Gasteiger partial charge in [-0.2, -0.15) is 0 Å². The Kier molecular flexibility index (Phi) is 2.53. The molecule has 2 bridgehead atoms. The van der Waals surface area contributed by atoms with Crippen molar-refractivity contribution < 1.29 is 24.2 Å². The number of rotatable bonds is 1. The zero-order chi connectivity index (χ0) is 16.7.